The molecule has 0 fully saturated rings. The number of hydrogen-bond donors (Lipinski definition) is 2. The van der Waals surface area contributed by atoms with E-state index >= 15 is 0 Å². The van der Waals surface area contributed by atoms with Crippen LogP contribution in [0.1, 0.15) is 56.4 Å². The molecule has 0 aliphatic carbocycles. The molecule has 8 nitrogen and oxygen atoms in total. The Balaban J connectivity index is 2.09. The summed E-state index contributed by atoms with van der Waals surface area (Å²) in [5.74, 6) is 3.37. The molecule has 1 heterocycles. The normalized spacial score (nSPS) is 12.6. The highest BCUT2D eigenvalue weighted by Crippen LogP contribution is 2.23. The zero-order valence-electron chi connectivity index (χ0n) is 19.9. The molecule has 0 aliphatic heterocycles. The van der Waals surface area contributed by atoms with E-state index in [-0.39, 0.29) is 6.10 Å². The van der Waals surface area contributed by atoms with Gasteiger partial charge >= 0.3 is 0 Å². The van der Waals surface area contributed by atoms with Gasteiger partial charge in [-0.05, 0) is 52.2 Å². The van der Waals surface area contributed by atoms with E-state index in [1.165, 1.54) is 5.56 Å². The maximum Gasteiger partial charge on any atom is 0.191 e. The zero-order chi connectivity index (χ0) is 22.6. The number of hydrogen-bond acceptors (Lipinski definition) is 5. The summed E-state index contributed by atoms with van der Waals surface area (Å²) in [5, 5.41) is 15.1. The van der Waals surface area contributed by atoms with Gasteiger partial charge in [0.25, 0.3) is 0 Å². The Hall–Kier alpha value is -2.61. The average molecular weight is 431 g/mol. The highest BCUT2D eigenvalue weighted by Gasteiger charge is 2.10. The zero-order valence-corrected chi connectivity index (χ0v) is 19.9. The first kappa shape index (κ1) is 24.7. The van der Waals surface area contributed by atoms with E-state index in [2.05, 4.69) is 59.8 Å². The van der Waals surface area contributed by atoms with Crippen LogP contribution in [0.15, 0.2) is 23.2 Å². The Morgan fingerprint density at radius 2 is 2.00 bits per heavy atom. The van der Waals surface area contributed by atoms with E-state index in [1.807, 2.05) is 25.5 Å². The molecule has 172 valence electrons. The summed E-state index contributed by atoms with van der Waals surface area (Å²) in [4.78, 5) is 4.80. The van der Waals surface area contributed by atoms with Crippen LogP contribution in [0.25, 0.3) is 0 Å². The summed E-state index contributed by atoms with van der Waals surface area (Å²) in [6, 6.07) is 6.27. The molecule has 0 bridgehead atoms. The topological polar surface area (TPSA) is 85.6 Å². The summed E-state index contributed by atoms with van der Waals surface area (Å²) in [6.45, 7) is 13.5. The average Bonchev–Trinajstić information content (AvgIpc) is 3.08. The van der Waals surface area contributed by atoms with E-state index < -0.39 is 0 Å². The van der Waals surface area contributed by atoms with Crippen LogP contribution in [0, 0.1) is 13.8 Å². The Labute approximate surface area is 186 Å². The Kier molecular flexibility index (Phi) is 10.3. The standard InChI is InChI=1S/C23H38N6O2/c1-7-18(4)31-21-14-17(3)10-11-20(21)15-25-23(24-12-9-13-30-8-2)26-16-22-28-27-19(5)29(22)6/h10-11,14,18H,7-9,12-13,15-16H2,1-6H3,(H2,24,25,26). The molecule has 2 rings (SSSR count). The number of aliphatic imine (C=N–C) groups is 1. The van der Waals surface area contributed by atoms with Crippen molar-refractivity contribution in [1.29, 1.82) is 0 Å². The van der Waals surface area contributed by atoms with Gasteiger partial charge in [-0.15, -0.1) is 10.2 Å². The molecule has 0 amide bonds. The third-order valence-electron chi connectivity index (χ3n) is 5.09. The number of ether oxygens (including phenoxy) is 2. The van der Waals surface area contributed by atoms with E-state index in [0.29, 0.717) is 13.1 Å². The van der Waals surface area contributed by atoms with Gasteiger partial charge in [-0.3, -0.25) is 0 Å². The summed E-state index contributed by atoms with van der Waals surface area (Å²) in [5.41, 5.74) is 2.24. The Morgan fingerprint density at radius 3 is 2.68 bits per heavy atom. The van der Waals surface area contributed by atoms with Gasteiger partial charge in [0.2, 0.25) is 0 Å². The van der Waals surface area contributed by atoms with Crippen molar-refractivity contribution in [2.75, 3.05) is 19.8 Å². The lowest BCUT2D eigenvalue weighted by molar-refractivity contribution is 0.145. The molecule has 0 radical (unpaired) electrons. The minimum Gasteiger partial charge on any atom is -0.490 e. The molecule has 1 aromatic carbocycles. The highest BCUT2D eigenvalue weighted by atomic mass is 16.5. The summed E-state index contributed by atoms with van der Waals surface area (Å²) in [6.07, 6.45) is 2.03. The summed E-state index contributed by atoms with van der Waals surface area (Å²) >= 11 is 0. The molecule has 0 aliphatic rings. The second-order valence-electron chi connectivity index (χ2n) is 7.67. The van der Waals surface area contributed by atoms with Gasteiger partial charge in [-0.1, -0.05) is 19.1 Å². The largest absolute Gasteiger partial charge is 0.490 e. The van der Waals surface area contributed by atoms with Crippen molar-refractivity contribution in [3.05, 3.63) is 41.0 Å². The molecule has 1 unspecified atom stereocenters. The maximum atomic E-state index is 6.13. The molecule has 0 saturated heterocycles. The minimum atomic E-state index is 0.165. The lowest BCUT2D eigenvalue weighted by atomic mass is 10.1. The number of nitrogens with zero attached hydrogens (tertiary/aromatic N) is 4. The molecule has 0 saturated carbocycles. The monoisotopic (exact) mass is 430 g/mol. The van der Waals surface area contributed by atoms with Crippen molar-refractivity contribution in [1.82, 2.24) is 25.4 Å². The smallest absolute Gasteiger partial charge is 0.191 e. The molecule has 8 heteroatoms. The van der Waals surface area contributed by atoms with Crippen LogP contribution in [0.5, 0.6) is 5.75 Å². The number of guanidine groups is 1. The quantitative estimate of drug-likeness (QED) is 0.305. The van der Waals surface area contributed by atoms with Crippen molar-refractivity contribution >= 4 is 5.96 Å². The van der Waals surface area contributed by atoms with Crippen LogP contribution in [0.3, 0.4) is 0 Å². The number of aromatic nitrogens is 3. The van der Waals surface area contributed by atoms with Gasteiger partial charge in [-0.2, -0.15) is 0 Å². The van der Waals surface area contributed by atoms with E-state index in [4.69, 9.17) is 14.5 Å². The van der Waals surface area contributed by atoms with Gasteiger partial charge in [0, 0.05) is 32.4 Å². The van der Waals surface area contributed by atoms with Gasteiger partial charge in [0.1, 0.15) is 11.6 Å². The van der Waals surface area contributed by atoms with Crippen molar-refractivity contribution in [2.45, 2.75) is 66.7 Å². The van der Waals surface area contributed by atoms with Crippen LogP contribution in [-0.2, 0) is 24.9 Å². The fourth-order valence-corrected chi connectivity index (χ4v) is 2.83. The highest BCUT2D eigenvalue weighted by molar-refractivity contribution is 5.79. The minimum absolute atomic E-state index is 0.165. The first-order valence-corrected chi connectivity index (χ1v) is 11.2. The molecular formula is C23H38N6O2. The molecule has 2 aromatic rings. The van der Waals surface area contributed by atoms with Crippen molar-refractivity contribution in [2.24, 2.45) is 12.0 Å². The number of nitrogens with one attached hydrogen (secondary N) is 2. The number of aryl methyl sites for hydroxylation is 2. The van der Waals surface area contributed by atoms with Gasteiger partial charge in [-0.25, -0.2) is 4.99 Å². The van der Waals surface area contributed by atoms with Crippen molar-refractivity contribution in [3.63, 3.8) is 0 Å². The maximum absolute atomic E-state index is 6.13. The van der Waals surface area contributed by atoms with Gasteiger partial charge < -0.3 is 24.7 Å². The molecule has 1 atom stereocenters. The van der Waals surface area contributed by atoms with Crippen molar-refractivity contribution < 1.29 is 9.47 Å². The summed E-state index contributed by atoms with van der Waals surface area (Å²) < 4.78 is 13.5. The first-order valence-electron chi connectivity index (χ1n) is 11.2. The Bertz CT molecular complexity index is 833. The van der Waals surface area contributed by atoms with Gasteiger partial charge in [0.05, 0.1) is 19.2 Å². The lowest BCUT2D eigenvalue weighted by Crippen LogP contribution is -2.38. The molecule has 0 spiro atoms. The third-order valence-corrected chi connectivity index (χ3v) is 5.09. The van der Waals surface area contributed by atoms with Crippen LogP contribution in [0.4, 0.5) is 0 Å². The predicted molar refractivity (Wildman–Crippen MR) is 124 cm³/mol. The van der Waals surface area contributed by atoms with Crippen LogP contribution < -0.4 is 15.4 Å². The van der Waals surface area contributed by atoms with Gasteiger partial charge in [0.15, 0.2) is 11.8 Å². The number of rotatable bonds is 12. The fraction of sp³-hybridized carbons (Fsp3) is 0.609. The summed E-state index contributed by atoms with van der Waals surface area (Å²) in [7, 11) is 1.96. The molecule has 31 heavy (non-hydrogen) atoms. The van der Waals surface area contributed by atoms with Crippen LogP contribution in [-0.4, -0.2) is 46.6 Å². The van der Waals surface area contributed by atoms with Crippen LogP contribution >= 0.6 is 0 Å². The first-order chi connectivity index (χ1) is 14.9. The molecule has 1 aromatic heterocycles. The lowest BCUT2D eigenvalue weighted by Gasteiger charge is -2.17. The SMILES string of the molecule is CCOCCCNC(=NCc1ccc(C)cc1OC(C)CC)NCc1nnc(C)n1C. The van der Waals surface area contributed by atoms with Crippen molar-refractivity contribution in [3.8, 4) is 5.75 Å². The van der Waals surface area contributed by atoms with E-state index in [9.17, 15) is 0 Å². The molecule has 2 N–H and O–H groups in total. The predicted octanol–water partition coefficient (Wildman–Crippen LogP) is 3.27. The second kappa shape index (κ2) is 12.9. The van der Waals surface area contributed by atoms with E-state index in [1.54, 1.807) is 0 Å². The second-order valence-corrected chi connectivity index (χ2v) is 7.67. The van der Waals surface area contributed by atoms with E-state index in [0.717, 1.165) is 61.5 Å². The fourth-order valence-electron chi connectivity index (χ4n) is 2.83. The Morgan fingerprint density at radius 1 is 1.19 bits per heavy atom. The third kappa shape index (κ3) is 8.20. The van der Waals surface area contributed by atoms with Crippen LogP contribution in [0.2, 0.25) is 0 Å². The number of benzene rings is 1. The molecular weight excluding hydrogens is 392 g/mol.